The molecule has 118 valence electrons. The molecule has 10 nitrogen and oxygen atoms in total. The van der Waals surface area contributed by atoms with Crippen LogP contribution in [0, 0.1) is 0 Å². The maximum Gasteiger partial charge on any atom is 0.376 e. The highest BCUT2D eigenvalue weighted by Crippen LogP contribution is 2.29. The van der Waals surface area contributed by atoms with E-state index in [9.17, 15) is 19.5 Å². The first-order valence-electron chi connectivity index (χ1n) is 6.06. The molecule has 0 saturated heterocycles. The van der Waals surface area contributed by atoms with Crippen LogP contribution in [0.3, 0.4) is 0 Å². The van der Waals surface area contributed by atoms with Gasteiger partial charge in [0.05, 0.1) is 0 Å². The van der Waals surface area contributed by atoms with Gasteiger partial charge in [-0.25, -0.2) is 4.79 Å². The molecule has 2 heterocycles. The molecule has 5 N–H and O–H groups in total. The van der Waals surface area contributed by atoms with Gasteiger partial charge in [0.2, 0.25) is 0 Å². The van der Waals surface area contributed by atoms with E-state index in [2.05, 4.69) is 31.8 Å². The van der Waals surface area contributed by atoms with Crippen LogP contribution in [-0.4, -0.2) is 51.6 Å². The molecule has 0 spiro atoms. The summed E-state index contributed by atoms with van der Waals surface area (Å²) in [6, 6.07) is 0. The van der Waals surface area contributed by atoms with Crippen LogP contribution < -0.4 is 16.2 Å². The van der Waals surface area contributed by atoms with E-state index in [0.29, 0.717) is 0 Å². The number of primary amides is 1. The van der Waals surface area contributed by atoms with Crippen LogP contribution in [0.25, 0.3) is 0 Å². The maximum absolute atomic E-state index is 12.0. The Balaban J connectivity index is 2.42. The number of anilines is 1. The van der Waals surface area contributed by atoms with E-state index >= 15 is 0 Å². The summed E-state index contributed by atoms with van der Waals surface area (Å²) < 4.78 is 1.19. The minimum absolute atomic E-state index is 0.00166. The molecule has 1 aliphatic heterocycles. The molecule has 0 fully saturated rings. The third-order valence-corrected chi connectivity index (χ3v) is 3.66. The van der Waals surface area contributed by atoms with Gasteiger partial charge >= 0.3 is 11.8 Å². The molecule has 3 amide bonds. The SMILES string of the molecule is CN(C)C(=O)c1c(O)c(NC2=C(Br)C(=O)[NH2+]NC2=O)nn1C. The van der Waals surface area contributed by atoms with E-state index in [1.165, 1.54) is 30.7 Å². The molecule has 0 atom stereocenters. The van der Waals surface area contributed by atoms with Crippen molar-refractivity contribution in [1.29, 1.82) is 0 Å². The quantitative estimate of drug-likeness (QED) is 0.357. The average molecular weight is 374 g/mol. The molecule has 1 aromatic heterocycles. The van der Waals surface area contributed by atoms with Gasteiger partial charge in [0.15, 0.2) is 21.7 Å². The fourth-order valence-electron chi connectivity index (χ4n) is 1.77. The second-order valence-corrected chi connectivity index (χ2v) is 5.46. The van der Waals surface area contributed by atoms with Gasteiger partial charge in [-0.05, 0) is 15.9 Å². The number of nitrogens with two attached hydrogens (primary N) is 1. The lowest BCUT2D eigenvalue weighted by atomic mass is 10.3. The predicted molar refractivity (Wildman–Crippen MR) is 77.5 cm³/mol. The van der Waals surface area contributed by atoms with Crippen molar-refractivity contribution in [2.45, 2.75) is 0 Å². The zero-order valence-corrected chi connectivity index (χ0v) is 13.6. The topological polar surface area (TPSA) is 133 Å². The summed E-state index contributed by atoms with van der Waals surface area (Å²) in [6.07, 6.45) is 0. The standard InChI is InChI=1S/C11H13BrN6O4/c1-17(2)11(22)6-7(19)8(16-18(6)3)13-5-4(12)9(20)14-15-10(5)21/h19H,1-3H3,(H,15,21)(H2,13,14,16,20)/p+1. The van der Waals surface area contributed by atoms with Crippen molar-refractivity contribution in [1.82, 2.24) is 20.1 Å². The van der Waals surface area contributed by atoms with Crippen molar-refractivity contribution in [2.24, 2.45) is 7.05 Å². The van der Waals surface area contributed by atoms with Crippen LogP contribution in [-0.2, 0) is 16.6 Å². The first kappa shape index (κ1) is 16.0. The molecule has 11 heteroatoms. The van der Waals surface area contributed by atoms with Crippen LogP contribution in [0.15, 0.2) is 10.2 Å². The summed E-state index contributed by atoms with van der Waals surface area (Å²) in [6.45, 7) is 0. The Hall–Kier alpha value is -2.40. The van der Waals surface area contributed by atoms with E-state index in [1.807, 2.05) is 0 Å². The first-order chi connectivity index (χ1) is 10.2. The summed E-state index contributed by atoms with van der Waals surface area (Å²) in [7, 11) is 4.54. The largest absolute Gasteiger partial charge is 0.503 e. The number of aromatic hydroxyl groups is 1. The van der Waals surface area contributed by atoms with E-state index in [0.717, 1.165) is 5.43 Å². The van der Waals surface area contributed by atoms with Crippen LogP contribution in [0.5, 0.6) is 5.75 Å². The number of carbonyl (C=O) groups is 3. The lowest BCUT2D eigenvalue weighted by molar-refractivity contribution is -0.611. The molecule has 0 aromatic carbocycles. The highest BCUT2D eigenvalue weighted by Gasteiger charge is 2.31. The number of nitrogens with zero attached hydrogens (tertiary/aromatic N) is 3. The number of hydrogen-bond acceptors (Lipinski definition) is 6. The smallest absolute Gasteiger partial charge is 0.376 e. The van der Waals surface area contributed by atoms with Crippen molar-refractivity contribution in [3.63, 3.8) is 0 Å². The number of amides is 3. The number of halogens is 1. The van der Waals surface area contributed by atoms with E-state index in [1.54, 1.807) is 0 Å². The Morgan fingerprint density at radius 2 is 2.09 bits per heavy atom. The minimum Gasteiger partial charge on any atom is -0.503 e. The zero-order valence-electron chi connectivity index (χ0n) is 12.0. The van der Waals surface area contributed by atoms with Crippen molar-refractivity contribution in [2.75, 3.05) is 19.4 Å². The number of hydrogen-bond donors (Lipinski definition) is 4. The molecular formula is C11H14BrN6O4+. The van der Waals surface area contributed by atoms with E-state index < -0.39 is 23.5 Å². The van der Waals surface area contributed by atoms with Crippen molar-refractivity contribution in [3.8, 4) is 5.75 Å². The van der Waals surface area contributed by atoms with Crippen LogP contribution in [0.2, 0.25) is 0 Å². The van der Waals surface area contributed by atoms with Gasteiger partial charge in [0.25, 0.3) is 5.91 Å². The number of rotatable bonds is 3. The van der Waals surface area contributed by atoms with Crippen LogP contribution in [0.4, 0.5) is 5.82 Å². The number of aromatic nitrogens is 2. The lowest BCUT2D eigenvalue weighted by Crippen LogP contribution is -2.99. The minimum atomic E-state index is -0.572. The van der Waals surface area contributed by atoms with Gasteiger partial charge in [-0.1, -0.05) is 0 Å². The van der Waals surface area contributed by atoms with E-state index in [4.69, 9.17) is 0 Å². The van der Waals surface area contributed by atoms with Gasteiger partial charge in [-0.2, -0.15) is 16.0 Å². The highest BCUT2D eigenvalue weighted by molar-refractivity contribution is 9.12. The van der Waals surface area contributed by atoms with E-state index in [-0.39, 0.29) is 21.7 Å². The molecule has 1 aliphatic rings. The number of carbonyl (C=O) groups excluding carboxylic acids is 3. The summed E-state index contributed by atoms with van der Waals surface area (Å²) in [5.74, 6) is -1.99. The van der Waals surface area contributed by atoms with Crippen molar-refractivity contribution < 1.29 is 24.9 Å². The number of aryl methyl sites for hydroxylation is 1. The first-order valence-corrected chi connectivity index (χ1v) is 6.86. The number of nitrogens with one attached hydrogen (secondary N) is 2. The molecule has 0 radical (unpaired) electrons. The van der Waals surface area contributed by atoms with Gasteiger partial charge in [0, 0.05) is 21.1 Å². The molecular weight excluding hydrogens is 360 g/mol. The van der Waals surface area contributed by atoms with Crippen LogP contribution >= 0.6 is 15.9 Å². The highest BCUT2D eigenvalue weighted by atomic mass is 79.9. The monoisotopic (exact) mass is 373 g/mol. The fraction of sp³-hybridized carbons (Fsp3) is 0.273. The summed E-state index contributed by atoms with van der Waals surface area (Å²) >= 11 is 3.00. The third-order valence-electron chi connectivity index (χ3n) is 2.87. The fourth-order valence-corrected chi connectivity index (χ4v) is 2.16. The summed E-state index contributed by atoms with van der Waals surface area (Å²) in [5.41, 5.74) is 3.12. The molecule has 0 bridgehead atoms. The Kier molecular flexibility index (Phi) is 4.19. The Bertz CT molecular complexity index is 708. The van der Waals surface area contributed by atoms with Gasteiger partial charge < -0.3 is 15.3 Å². The second-order valence-electron chi connectivity index (χ2n) is 4.67. The second kappa shape index (κ2) is 5.77. The Morgan fingerprint density at radius 1 is 1.45 bits per heavy atom. The molecule has 2 rings (SSSR count). The Labute approximate surface area is 133 Å². The van der Waals surface area contributed by atoms with Crippen molar-refractivity contribution in [3.05, 3.63) is 15.9 Å². The van der Waals surface area contributed by atoms with Crippen LogP contribution in [0.1, 0.15) is 10.5 Å². The summed E-state index contributed by atoms with van der Waals surface area (Å²) in [4.78, 5) is 36.6. The molecule has 22 heavy (non-hydrogen) atoms. The van der Waals surface area contributed by atoms with Gasteiger partial charge in [0.1, 0.15) is 5.70 Å². The summed E-state index contributed by atoms with van der Waals surface area (Å²) in [5, 5.41) is 16.7. The molecule has 0 unspecified atom stereocenters. The molecule has 0 saturated carbocycles. The Morgan fingerprint density at radius 3 is 2.68 bits per heavy atom. The average Bonchev–Trinajstić information content (AvgIpc) is 2.73. The third kappa shape index (κ3) is 2.67. The molecule has 1 aromatic rings. The number of quaternary nitrogens is 1. The predicted octanol–water partition coefficient (Wildman–Crippen LogP) is -2.02. The van der Waals surface area contributed by atoms with Gasteiger partial charge in [-0.3, -0.25) is 14.3 Å². The normalized spacial score (nSPS) is 14.9. The zero-order chi connectivity index (χ0) is 16.6. The lowest BCUT2D eigenvalue weighted by Gasteiger charge is -2.14. The maximum atomic E-state index is 12.0. The van der Waals surface area contributed by atoms with Gasteiger partial charge in [-0.15, -0.1) is 0 Å². The molecule has 0 aliphatic carbocycles. The van der Waals surface area contributed by atoms with Crippen molar-refractivity contribution >= 4 is 39.5 Å².